The van der Waals surface area contributed by atoms with E-state index in [1.807, 2.05) is 20.8 Å². The summed E-state index contributed by atoms with van der Waals surface area (Å²) in [4.78, 5) is 12.1. The van der Waals surface area contributed by atoms with E-state index in [9.17, 15) is 9.18 Å². The predicted octanol–water partition coefficient (Wildman–Crippen LogP) is 4.09. The molecule has 7 heteroatoms. The van der Waals surface area contributed by atoms with Crippen LogP contribution in [0.3, 0.4) is 0 Å². The van der Waals surface area contributed by atoms with E-state index in [2.05, 4.69) is 5.16 Å². The van der Waals surface area contributed by atoms with E-state index in [1.54, 1.807) is 6.92 Å². The lowest BCUT2D eigenvalue weighted by Gasteiger charge is -2.18. The van der Waals surface area contributed by atoms with Crippen molar-refractivity contribution in [2.75, 3.05) is 20.3 Å². The molecule has 6 nitrogen and oxygen atoms in total. The van der Waals surface area contributed by atoms with E-state index in [0.29, 0.717) is 5.75 Å². The Morgan fingerprint density at radius 3 is 2.64 bits per heavy atom. The van der Waals surface area contributed by atoms with Crippen molar-refractivity contribution in [3.8, 4) is 22.8 Å². The highest BCUT2D eigenvalue weighted by molar-refractivity contribution is 5.92. The number of carbonyl (C=O) groups excluding carboxylic acids is 1. The van der Waals surface area contributed by atoms with Crippen LogP contribution in [0.5, 0.6) is 11.5 Å². The molecule has 25 heavy (non-hydrogen) atoms. The number of nitrogens with zero attached hydrogens (tertiary/aromatic N) is 1. The van der Waals surface area contributed by atoms with Crippen LogP contribution in [0.2, 0.25) is 0 Å². The third kappa shape index (κ3) is 4.49. The standard InChI is InChI=1S/C18H22FNO5/c1-6-23-17(21)14-16(24-10-18(2,3)4)15(25-20-14)12-9-11(22-5)7-8-13(12)19/h7-9H,6,10H2,1-5H3. The van der Waals surface area contributed by atoms with Gasteiger partial charge < -0.3 is 18.7 Å². The number of aromatic nitrogens is 1. The SMILES string of the molecule is CCOC(=O)c1noc(-c2cc(OC)ccc2F)c1OCC(C)(C)C. The smallest absolute Gasteiger partial charge is 0.364 e. The molecule has 0 N–H and O–H groups in total. The molecule has 1 aromatic heterocycles. The summed E-state index contributed by atoms with van der Waals surface area (Å²) in [6, 6.07) is 4.18. The van der Waals surface area contributed by atoms with Crippen molar-refractivity contribution in [3.63, 3.8) is 0 Å². The fourth-order valence-corrected chi connectivity index (χ4v) is 2.01. The maximum atomic E-state index is 14.3. The van der Waals surface area contributed by atoms with Gasteiger partial charge in [-0.25, -0.2) is 9.18 Å². The zero-order valence-electron chi connectivity index (χ0n) is 15.0. The van der Waals surface area contributed by atoms with E-state index in [-0.39, 0.29) is 41.4 Å². The first-order valence-electron chi connectivity index (χ1n) is 7.90. The first kappa shape index (κ1) is 18.8. The van der Waals surface area contributed by atoms with Crippen LogP contribution in [-0.2, 0) is 4.74 Å². The molecule has 2 rings (SSSR count). The van der Waals surface area contributed by atoms with Crippen molar-refractivity contribution in [1.82, 2.24) is 5.16 Å². The quantitative estimate of drug-likeness (QED) is 0.730. The van der Waals surface area contributed by atoms with Crippen LogP contribution in [0, 0.1) is 11.2 Å². The number of carbonyl (C=O) groups is 1. The number of hydrogen-bond acceptors (Lipinski definition) is 6. The number of esters is 1. The van der Waals surface area contributed by atoms with Gasteiger partial charge in [-0.05, 0) is 30.5 Å². The second-order valence-electron chi connectivity index (χ2n) is 6.61. The van der Waals surface area contributed by atoms with Crippen molar-refractivity contribution >= 4 is 5.97 Å². The monoisotopic (exact) mass is 351 g/mol. The van der Waals surface area contributed by atoms with Gasteiger partial charge in [-0.1, -0.05) is 25.9 Å². The van der Waals surface area contributed by atoms with Crippen LogP contribution < -0.4 is 9.47 Å². The second kappa shape index (κ2) is 7.55. The maximum Gasteiger partial charge on any atom is 0.364 e. The van der Waals surface area contributed by atoms with Gasteiger partial charge >= 0.3 is 5.97 Å². The maximum absolute atomic E-state index is 14.3. The molecular weight excluding hydrogens is 329 g/mol. The summed E-state index contributed by atoms with van der Waals surface area (Å²) < 4.78 is 35.4. The van der Waals surface area contributed by atoms with E-state index < -0.39 is 11.8 Å². The molecule has 1 aromatic carbocycles. The summed E-state index contributed by atoms with van der Waals surface area (Å²) in [5, 5.41) is 3.73. The Labute approximate surface area is 145 Å². The zero-order valence-corrected chi connectivity index (χ0v) is 15.0. The predicted molar refractivity (Wildman–Crippen MR) is 89.4 cm³/mol. The van der Waals surface area contributed by atoms with Crippen molar-refractivity contribution < 1.29 is 27.9 Å². The number of benzene rings is 1. The Balaban J connectivity index is 2.52. The molecule has 0 atom stereocenters. The molecule has 0 radical (unpaired) electrons. The van der Waals surface area contributed by atoms with Gasteiger partial charge in [0.15, 0.2) is 0 Å². The highest BCUT2D eigenvalue weighted by Gasteiger charge is 2.29. The fraction of sp³-hybridized carbons (Fsp3) is 0.444. The van der Waals surface area contributed by atoms with Gasteiger partial charge in [0, 0.05) is 0 Å². The summed E-state index contributed by atoms with van der Waals surface area (Å²) in [5.41, 5.74) is -0.220. The molecule has 0 unspecified atom stereocenters. The van der Waals surface area contributed by atoms with Crippen LogP contribution in [0.1, 0.15) is 38.2 Å². The van der Waals surface area contributed by atoms with Gasteiger partial charge in [0.2, 0.25) is 17.2 Å². The topological polar surface area (TPSA) is 70.8 Å². The summed E-state index contributed by atoms with van der Waals surface area (Å²) in [6.07, 6.45) is 0. The Bertz CT molecular complexity index is 748. The molecule has 1 heterocycles. The Morgan fingerprint density at radius 2 is 2.04 bits per heavy atom. The lowest BCUT2D eigenvalue weighted by Crippen LogP contribution is -2.18. The van der Waals surface area contributed by atoms with E-state index in [0.717, 1.165) is 0 Å². The molecule has 0 saturated carbocycles. The van der Waals surface area contributed by atoms with Crippen molar-refractivity contribution in [1.29, 1.82) is 0 Å². The average molecular weight is 351 g/mol. The largest absolute Gasteiger partial charge is 0.497 e. The summed E-state index contributed by atoms with van der Waals surface area (Å²) in [6.45, 7) is 8.03. The minimum Gasteiger partial charge on any atom is -0.497 e. The summed E-state index contributed by atoms with van der Waals surface area (Å²) in [5.74, 6) is -0.728. The van der Waals surface area contributed by atoms with Crippen molar-refractivity contribution in [2.45, 2.75) is 27.7 Å². The third-order valence-electron chi connectivity index (χ3n) is 3.19. The minimum atomic E-state index is -0.690. The minimum absolute atomic E-state index is 0.0173. The van der Waals surface area contributed by atoms with Gasteiger partial charge in [0.05, 0.1) is 25.9 Å². The van der Waals surface area contributed by atoms with Gasteiger partial charge in [-0.15, -0.1) is 0 Å². The van der Waals surface area contributed by atoms with Gasteiger partial charge in [0.1, 0.15) is 11.6 Å². The normalized spacial score (nSPS) is 11.3. The van der Waals surface area contributed by atoms with Crippen LogP contribution in [-0.4, -0.2) is 31.4 Å². The Hall–Kier alpha value is -2.57. The molecule has 0 aliphatic heterocycles. The van der Waals surface area contributed by atoms with Crippen molar-refractivity contribution in [2.24, 2.45) is 5.41 Å². The number of halogens is 1. The van der Waals surface area contributed by atoms with Crippen LogP contribution in [0.15, 0.2) is 22.7 Å². The highest BCUT2D eigenvalue weighted by atomic mass is 19.1. The number of rotatable bonds is 6. The molecule has 0 aliphatic rings. The van der Waals surface area contributed by atoms with Gasteiger partial charge in [-0.3, -0.25) is 0 Å². The number of hydrogen-bond donors (Lipinski definition) is 0. The molecule has 136 valence electrons. The highest BCUT2D eigenvalue weighted by Crippen LogP contribution is 2.37. The molecule has 0 amide bonds. The fourth-order valence-electron chi connectivity index (χ4n) is 2.01. The van der Waals surface area contributed by atoms with Gasteiger partial charge in [-0.2, -0.15) is 0 Å². The summed E-state index contributed by atoms with van der Waals surface area (Å²) in [7, 11) is 1.47. The molecule has 0 bridgehead atoms. The van der Waals surface area contributed by atoms with Crippen LogP contribution >= 0.6 is 0 Å². The lowest BCUT2D eigenvalue weighted by atomic mass is 9.98. The van der Waals surface area contributed by atoms with E-state index >= 15 is 0 Å². The lowest BCUT2D eigenvalue weighted by molar-refractivity contribution is 0.0508. The molecule has 0 fully saturated rings. The van der Waals surface area contributed by atoms with E-state index in [1.165, 1.54) is 25.3 Å². The number of ether oxygens (including phenoxy) is 3. The van der Waals surface area contributed by atoms with Crippen molar-refractivity contribution in [3.05, 3.63) is 29.7 Å². The first-order valence-corrected chi connectivity index (χ1v) is 7.90. The third-order valence-corrected chi connectivity index (χ3v) is 3.19. The Morgan fingerprint density at radius 1 is 1.32 bits per heavy atom. The molecular formula is C18H22FNO5. The Kier molecular flexibility index (Phi) is 5.66. The second-order valence-corrected chi connectivity index (χ2v) is 6.61. The molecule has 0 spiro atoms. The molecule has 0 aliphatic carbocycles. The molecule has 0 saturated heterocycles. The van der Waals surface area contributed by atoms with Gasteiger partial charge in [0.25, 0.3) is 0 Å². The summed E-state index contributed by atoms with van der Waals surface area (Å²) >= 11 is 0. The van der Waals surface area contributed by atoms with Crippen LogP contribution in [0.4, 0.5) is 4.39 Å². The molecule has 2 aromatic rings. The first-order chi connectivity index (χ1) is 11.8. The number of methoxy groups -OCH3 is 1. The van der Waals surface area contributed by atoms with Crippen LogP contribution in [0.25, 0.3) is 11.3 Å². The van der Waals surface area contributed by atoms with E-state index in [4.69, 9.17) is 18.7 Å². The zero-order chi connectivity index (χ0) is 18.6. The average Bonchev–Trinajstić information content (AvgIpc) is 2.97.